The predicted octanol–water partition coefficient (Wildman–Crippen LogP) is 5.11. The Hall–Kier alpha value is -2.00. The molecule has 1 N–H and O–H groups in total. The van der Waals surface area contributed by atoms with Crippen molar-refractivity contribution in [2.24, 2.45) is 5.16 Å². The zero-order chi connectivity index (χ0) is 19.1. The van der Waals surface area contributed by atoms with Crippen LogP contribution in [0.3, 0.4) is 0 Å². The number of aryl methyl sites for hydroxylation is 1. The molecule has 0 fully saturated rings. The molecule has 138 valence electrons. The van der Waals surface area contributed by atoms with E-state index in [0.29, 0.717) is 11.3 Å². The van der Waals surface area contributed by atoms with Gasteiger partial charge in [0.1, 0.15) is 5.75 Å². The molecular weight excluding hydrogens is 478 g/mol. The van der Waals surface area contributed by atoms with Crippen LogP contribution in [0.1, 0.15) is 11.1 Å². The van der Waals surface area contributed by atoms with Crippen LogP contribution >= 0.6 is 31.9 Å². The van der Waals surface area contributed by atoms with Crippen molar-refractivity contribution in [3.8, 4) is 5.75 Å². The number of benzene rings is 2. The smallest absolute Gasteiger partial charge is 0.387 e. The number of rotatable bonds is 7. The molecule has 1 amide bonds. The number of hydrogen-bond acceptors (Lipinski definition) is 4. The summed E-state index contributed by atoms with van der Waals surface area (Å²) in [5, 5.41) is 6.30. The largest absolute Gasteiger partial charge is 0.434 e. The van der Waals surface area contributed by atoms with E-state index in [0.717, 1.165) is 14.5 Å². The van der Waals surface area contributed by atoms with Gasteiger partial charge < -0.3 is 14.9 Å². The van der Waals surface area contributed by atoms with Crippen molar-refractivity contribution < 1.29 is 23.1 Å². The van der Waals surface area contributed by atoms with Crippen molar-refractivity contribution in [1.29, 1.82) is 0 Å². The molecule has 5 nitrogen and oxygen atoms in total. The lowest BCUT2D eigenvalue weighted by Gasteiger charge is -2.10. The molecule has 0 spiro atoms. The van der Waals surface area contributed by atoms with E-state index in [2.05, 4.69) is 47.1 Å². The Morgan fingerprint density at radius 2 is 1.92 bits per heavy atom. The average Bonchev–Trinajstić information content (AvgIpc) is 2.56. The Bertz CT molecular complexity index is 793. The number of amides is 1. The monoisotopic (exact) mass is 490 g/mol. The van der Waals surface area contributed by atoms with E-state index >= 15 is 0 Å². The topological polar surface area (TPSA) is 59.9 Å². The highest BCUT2D eigenvalue weighted by Crippen LogP contribution is 2.32. The zero-order valence-corrected chi connectivity index (χ0v) is 16.7. The molecule has 0 saturated carbocycles. The van der Waals surface area contributed by atoms with Gasteiger partial charge in [-0.05, 0) is 68.6 Å². The Morgan fingerprint density at radius 3 is 2.58 bits per heavy atom. The maximum absolute atomic E-state index is 12.3. The van der Waals surface area contributed by atoms with Gasteiger partial charge in [-0.2, -0.15) is 8.78 Å². The van der Waals surface area contributed by atoms with E-state index in [1.54, 1.807) is 12.1 Å². The molecule has 0 bridgehead atoms. The van der Waals surface area contributed by atoms with Crippen LogP contribution in [-0.4, -0.2) is 25.3 Å². The number of carbonyl (C=O) groups excluding carboxylic acids is 1. The first kappa shape index (κ1) is 20.3. The van der Waals surface area contributed by atoms with Crippen LogP contribution in [-0.2, 0) is 9.63 Å². The van der Waals surface area contributed by atoms with Crippen LogP contribution < -0.4 is 10.1 Å². The quantitative estimate of drug-likeness (QED) is 0.432. The van der Waals surface area contributed by atoms with Crippen molar-refractivity contribution in [2.45, 2.75) is 13.5 Å². The number of carbonyl (C=O) groups is 1. The minimum Gasteiger partial charge on any atom is -0.434 e. The minimum absolute atomic E-state index is 0.0354. The molecule has 2 rings (SSSR count). The Kier molecular flexibility index (Phi) is 7.52. The van der Waals surface area contributed by atoms with Gasteiger partial charge >= 0.3 is 6.61 Å². The van der Waals surface area contributed by atoms with Gasteiger partial charge in [0.05, 0.1) is 11.9 Å². The first-order valence-electron chi connectivity index (χ1n) is 7.31. The van der Waals surface area contributed by atoms with Crippen molar-refractivity contribution in [1.82, 2.24) is 0 Å². The van der Waals surface area contributed by atoms with E-state index in [9.17, 15) is 13.6 Å². The maximum Gasteiger partial charge on any atom is 0.387 e. The van der Waals surface area contributed by atoms with Crippen molar-refractivity contribution in [3.05, 3.63) is 56.5 Å². The molecule has 0 heterocycles. The highest BCUT2D eigenvalue weighted by Gasteiger charge is 2.11. The van der Waals surface area contributed by atoms with E-state index < -0.39 is 12.5 Å². The Balaban J connectivity index is 1.92. The first-order chi connectivity index (χ1) is 12.4. The lowest BCUT2D eigenvalue weighted by molar-refractivity contribution is -0.120. The predicted molar refractivity (Wildman–Crippen MR) is 102 cm³/mol. The number of anilines is 1. The number of para-hydroxylation sites is 1. The Morgan fingerprint density at radius 1 is 1.27 bits per heavy atom. The fraction of sp³-hybridized carbons (Fsp3) is 0.176. The maximum atomic E-state index is 12.3. The van der Waals surface area contributed by atoms with E-state index in [1.807, 2.05) is 19.1 Å². The molecule has 0 aliphatic carbocycles. The molecule has 0 unspecified atom stereocenters. The summed E-state index contributed by atoms with van der Waals surface area (Å²) in [5.74, 6) is -0.462. The summed E-state index contributed by atoms with van der Waals surface area (Å²) in [6.07, 6.45) is 1.20. The summed E-state index contributed by atoms with van der Waals surface area (Å²) in [7, 11) is 0. The minimum atomic E-state index is -2.94. The second-order valence-electron chi connectivity index (χ2n) is 5.08. The molecule has 0 aliphatic rings. The van der Waals surface area contributed by atoms with Gasteiger partial charge in [-0.1, -0.05) is 17.3 Å². The molecule has 2 aromatic carbocycles. The third-order valence-electron chi connectivity index (χ3n) is 3.05. The highest BCUT2D eigenvalue weighted by atomic mass is 79.9. The number of halogens is 4. The number of nitrogens with one attached hydrogen (secondary N) is 1. The fourth-order valence-corrected chi connectivity index (χ4v) is 3.59. The summed E-state index contributed by atoms with van der Waals surface area (Å²) in [6, 6.07) is 9.83. The average molecular weight is 492 g/mol. The van der Waals surface area contributed by atoms with Gasteiger partial charge in [0.2, 0.25) is 0 Å². The summed E-state index contributed by atoms with van der Waals surface area (Å²) >= 11 is 6.75. The summed E-state index contributed by atoms with van der Waals surface area (Å²) < 4.78 is 30.5. The molecule has 2 aromatic rings. The van der Waals surface area contributed by atoms with E-state index in [-0.39, 0.29) is 12.4 Å². The van der Waals surface area contributed by atoms with E-state index in [1.165, 1.54) is 18.3 Å². The third-order valence-corrected chi connectivity index (χ3v) is 4.30. The van der Waals surface area contributed by atoms with Gasteiger partial charge in [-0.3, -0.25) is 4.79 Å². The zero-order valence-electron chi connectivity index (χ0n) is 13.5. The van der Waals surface area contributed by atoms with Crippen LogP contribution in [0.25, 0.3) is 0 Å². The normalized spacial score (nSPS) is 11.0. The third kappa shape index (κ3) is 6.06. The Labute approximate surface area is 165 Å². The van der Waals surface area contributed by atoms with Crippen LogP contribution in [0, 0.1) is 6.92 Å². The number of hydrogen-bond donors (Lipinski definition) is 1. The van der Waals surface area contributed by atoms with Crippen molar-refractivity contribution in [2.75, 3.05) is 11.9 Å². The first-order valence-corrected chi connectivity index (χ1v) is 8.90. The number of ether oxygens (including phenoxy) is 1. The molecular formula is C17H14Br2F2N2O3. The van der Waals surface area contributed by atoms with Crippen LogP contribution in [0.4, 0.5) is 14.5 Å². The lowest BCUT2D eigenvalue weighted by atomic mass is 10.2. The SMILES string of the molecule is Cc1cc(Br)c(NC(=O)CON=Cc2ccccc2OC(F)F)c(Br)c1. The standard InChI is InChI=1S/C17H14Br2F2N2O3/c1-10-6-12(18)16(13(19)7-10)23-15(24)9-25-22-8-11-4-2-3-5-14(11)26-17(20)21/h2-8,17H,9H2,1H3,(H,23,24). The molecule has 9 heteroatoms. The van der Waals surface area contributed by atoms with Gasteiger partial charge in [-0.15, -0.1) is 0 Å². The molecule has 26 heavy (non-hydrogen) atoms. The van der Waals surface area contributed by atoms with Gasteiger partial charge in [-0.25, -0.2) is 0 Å². The lowest BCUT2D eigenvalue weighted by Crippen LogP contribution is -2.17. The summed E-state index contributed by atoms with van der Waals surface area (Å²) in [6.45, 7) is -1.36. The fourth-order valence-electron chi connectivity index (χ4n) is 1.98. The second kappa shape index (κ2) is 9.63. The van der Waals surface area contributed by atoms with Crippen LogP contribution in [0.15, 0.2) is 50.5 Å². The number of nitrogens with zero attached hydrogens (tertiary/aromatic N) is 1. The summed E-state index contributed by atoms with van der Waals surface area (Å²) in [5.41, 5.74) is 1.90. The van der Waals surface area contributed by atoms with Gasteiger partial charge in [0, 0.05) is 14.5 Å². The molecule has 0 atom stereocenters. The van der Waals surface area contributed by atoms with Crippen LogP contribution in [0.2, 0.25) is 0 Å². The van der Waals surface area contributed by atoms with Gasteiger partial charge in [0.15, 0.2) is 6.61 Å². The van der Waals surface area contributed by atoms with Crippen LogP contribution in [0.5, 0.6) is 5.75 Å². The molecule has 0 aromatic heterocycles. The number of alkyl halides is 2. The second-order valence-corrected chi connectivity index (χ2v) is 6.78. The van der Waals surface area contributed by atoms with E-state index in [4.69, 9.17) is 4.84 Å². The van der Waals surface area contributed by atoms with Gasteiger partial charge in [0.25, 0.3) is 5.91 Å². The highest BCUT2D eigenvalue weighted by molar-refractivity contribution is 9.11. The molecule has 0 saturated heterocycles. The number of oxime groups is 1. The van der Waals surface area contributed by atoms with Crippen molar-refractivity contribution in [3.63, 3.8) is 0 Å². The summed E-state index contributed by atoms with van der Waals surface area (Å²) in [4.78, 5) is 16.9. The molecule has 0 radical (unpaired) electrons. The molecule has 0 aliphatic heterocycles. The van der Waals surface area contributed by atoms with Crippen molar-refractivity contribution >= 4 is 49.7 Å².